The maximum absolute atomic E-state index is 9.58. The van der Waals surface area contributed by atoms with Crippen molar-refractivity contribution in [1.82, 2.24) is 5.32 Å². The van der Waals surface area contributed by atoms with Gasteiger partial charge in [0.25, 0.3) is 0 Å². The molecule has 0 unspecified atom stereocenters. The summed E-state index contributed by atoms with van der Waals surface area (Å²) in [6.45, 7) is 1.99. The average molecular weight is 399 g/mol. The highest BCUT2D eigenvalue weighted by molar-refractivity contribution is 9.11. The van der Waals surface area contributed by atoms with Gasteiger partial charge in [-0.25, -0.2) is 0 Å². The first-order valence-electron chi connectivity index (χ1n) is 5.71. The molecule has 0 bridgehead atoms. The van der Waals surface area contributed by atoms with Crippen molar-refractivity contribution in [2.75, 3.05) is 24.7 Å². The Morgan fingerprint density at radius 3 is 2.44 bits per heavy atom. The van der Waals surface area contributed by atoms with Gasteiger partial charge in [0.05, 0.1) is 8.95 Å². The van der Waals surface area contributed by atoms with Crippen molar-refractivity contribution in [3.05, 3.63) is 26.6 Å². The lowest BCUT2D eigenvalue weighted by Crippen LogP contribution is -2.16. The van der Waals surface area contributed by atoms with Crippen LogP contribution in [0.2, 0.25) is 0 Å². The van der Waals surface area contributed by atoms with E-state index in [1.165, 1.54) is 0 Å². The van der Waals surface area contributed by atoms with E-state index in [1.807, 2.05) is 23.9 Å². The summed E-state index contributed by atoms with van der Waals surface area (Å²) in [5, 5.41) is 21.6. The molecular formula is C12H17Br2NO2S. The summed E-state index contributed by atoms with van der Waals surface area (Å²) in [7, 11) is 0. The molecule has 1 aromatic carbocycles. The first kappa shape index (κ1) is 16.3. The van der Waals surface area contributed by atoms with Gasteiger partial charge in [-0.1, -0.05) is 0 Å². The fourth-order valence-electron chi connectivity index (χ4n) is 1.37. The third-order valence-electron chi connectivity index (χ3n) is 2.28. The molecule has 0 aliphatic rings. The van der Waals surface area contributed by atoms with Crippen LogP contribution in [0.3, 0.4) is 0 Å². The molecule has 0 saturated heterocycles. The Labute approximate surface area is 129 Å². The van der Waals surface area contributed by atoms with Crippen LogP contribution in [-0.2, 0) is 6.54 Å². The normalized spacial score (nSPS) is 10.8. The zero-order valence-corrected chi connectivity index (χ0v) is 13.9. The number of aliphatic hydroxyl groups excluding tert-OH is 1. The monoisotopic (exact) mass is 397 g/mol. The number of phenols is 1. The van der Waals surface area contributed by atoms with Crippen LogP contribution in [0.15, 0.2) is 21.1 Å². The highest BCUT2D eigenvalue weighted by Crippen LogP contribution is 2.33. The molecule has 1 aromatic rings. The molecule has 0 heterocycles. The molecule has 3 nitrogen and oxygen atoms in total. The fourth-order valence-corrected chi connectivity index (χ4v) is 3.47. The van der Waals surface area contributed by atoms with Crippen LogP contribution in [0.25, 0.3) is 0 Å². The van der Waals surface area contributed by atoms with Crippen molar-refractivity contribution < 1.29 is 10.2 Å². The van der Waals surface area contributed by atoms with Crippen LogP contribution in [0.1, 0.15) is 12.0 Å². The van der Waals surface area contributed by atoms with E-state index in [1.54, 1.807) is 0 Å². The Bertz CT molecular complexity index is 354. The molecule has 0 saturated carbocycles. The largest absolute Gasteiger partial charge is 0.506 e. The number of thioether (sulfide) groups is 1. The summed E-state index contributed by atoms with van der Waals surface area (Å²) in [4.78, 5) is 0. The number of halogens is 2. The number of rotatable bonds is 8. The first-order chi connectivity index (χ1) is 8.65. The molecule has 0 aromatic heterocycles. The maximum atomic E-state index is 9.58. The number of aromatic hydroxyl groups is 1. The molecule has 102 valence electrons. The van der Waals surface area contributed by atoms with E-state index in [9.17, 15) is 5.11 Å². The first-order valence-corrected chi connectivity index (χ1v) is 8.45. The van der Waals surface area contributed by atoms with Crippen molar-refractivity contribution in [3.63, 3.8) is 0 Å². The van der Waals surface area contributed by atoms with E-state index >= 15 is 0 Å². The van der Waals surface area contributed by atoms with E-state index in [2.05, 4.69) is 37.2 Å². The van der Waals surface area contributed by atoms with E-state index in [4.69, 9.17) is 5.11 Å². The molecule has 0 radical (unpaired) electrons. The Balaban J connectivity index is 2.23. The molecule has 0 fully saturated rings. The molecule has 0 aliphatic carbocycles. The van der Waals surface area contributed by atoms with E-state index in [0.29, 0.717) is 8.95 Å². The minimum atomic E-state index is 0.235. The number of nitrogens with one attached hydrogen (secondary N) is 1. The highest BCUT2D eigenvalue weighted by atomic mass is 79.9. The van der Waals surface area contributed by atoms with E-state index in [0.717, 1.165) is 36.6 Å². The third-order valence-corrected chi connectivity index (χ3v) is 4.55. The number of hydrogen-bond donors (Lipinski definition) is 3. The predicted octanol–water partition coefficient (Wildman–Crippen LogP) is 3.12. The maximum Gasteiger partial charge on any atom is 0.143 e. The van der Waals surface area contributed by atoms with Crippen molar-refractivity contribution in [2.24, 2.45) is 0 Å². The van der Waals surface area contributed by atoms with Crippen LogP contribution in [0.4, 0.5) is 0 Å². The van der Waals surface area contributed by atoms with Crippen LogP contribution in [0, 0.1) is 0 Å². The van der Waals surface area contributed by atoms with Gasteiger partial charge >= 0.3 is 0 Å². The van der Waals surface area contributed by atoms with Crippen molar-refractivity contribution >= 4 is 43.6 Å². The number of aliphatic hydroxyl groups is 1. The molecule has 0 atom stereocenters. The van der Waals surface area contributed by atoms with Crippen molar-refractivity contribution in [1.29, 1.82) is 0 Å². The smallest absolute Gasteiger partial charge is 0.143 e. The standard InChI is InChI=1S/C12H17Br2NO2S/c13-10-6-9(7-11(14)12(10)17)8-15-2-5-18-4-1-3-16/h6-7,15-17H,1-5,8H2. The Morgan fingerprint density at radius 1 is 1.17 bits per heavy atom. The fraction of sp³-hybridized carbons (Fsp3) is 0.500. The Hall–Kier alpha value is 0.250. The molecular weight excluding hydrogens is 382 g/mol. The lowest BCUT2D eigenvalue weighted by molar-refractivity contribution is 0.296. The quantitative estimate of drug-likeness (QED) is 0.589. The van der Waals surface area contributed by atoms with Gasteiger partial charge in [-0.15, -0.1) is 0 Å². The summed E-state index contributed by atoms with van der Waals surface area (Å²) >= 11 is 8.47. The lowest BCUT2D eigenvalue weighted by Gasteiger charge is -2.07. The van der Waals surface area contributed by atoms with Gasteiger partial charge in [0, 0.05) is 25.4 Å². The molecule has 0 amide bonds. The molecule has 0 spiro atoms. The minimum absolute atomic E-state index is 0.235. The Morgan fingerprint density at radius 2 is 1.83 bits per heavy atom. The second-order valence-corrected chi connectivity index (χ2v) is 6.71. The van der Waals surface area contributed by atoms with Gasteiger partial charge in [0.1, 0.15) is 5.75 Å². The van der Waals surface area contributed by atoms with Crippen molar-refractivity contribution in [2.45, 2.75) is 13.0 Å². The lowest BCUT2D eigenvalue weighted by atomic mass is 10.2. The average Bonchev–Trinajstić information content (AvgIpc) is 2.34. The summed E-state index contributed by atoms with van der Waals surface area (Å²) in [5.41, 5.74) is 1.12. The predicted molar refractivity (Wildman–Crippen MR) is 84.2 cm³/mol. The van der Waals surface area contributed by atoms with Gasteiger partial charge in [-0.3, -0.25) is 0 Å². The van der Waals surface area contributed by atoms with Gasteiger partial charge in [-0.2, -0.15) is 11.8 Å². The SMILES string of the molecule is OCCCSCCNCc1cc(Br)c(O)c(Br)c1. The second kappa shape index (κ2) is 9.20. The minimum Gasteiger partial charge on any atom is -0.506 e. The third kappa shape index (κ3) is 5.93. The molecule has 6 heteroatoms. The summed E-state index contributed by atoms with van der Waals surface area (Å²) < 4.78 is 1.40. The Kier molecular flexibility index (Phi) is 8.33. The summed E-state index contributed by atoms with van der Waals surface area (Å²) in [5.74, 6) is 2.29. The van der Waals surface area contributed by atoms with Gasteiger partial charge < -0.3 is 15.5 Å². The topological polar surface area (TPSA) is 52.5 Å². The number of hydrogen-bond acceptors (Lipinski definition) is 4. The molecule has 0 aliphatic heterocycles. The number of benzene rings is 1. The van der Waals surface area contributed by atoms with Gasteiger partial charge in [0.15, 0.2) is 0 Å². The zero-order valence-electron chi connectivity index (χ0n) is 9.96. The van der Waals surface area contributed by atoms with E-state index in [-0.39, 0.29) is 12.4 Å². The second-order valence-electron chi connectivity index (χ2n) is 3.77. The van der Waals surface area contributed by atoms with Gasteiger partial charge in [-0.05, 0) is 61.7 Å². The highest BCUT2D eigenvalue weighted by Gasteiger charge is 2.05. The number of phenolic OH excluding ortho intramolecular Hbond substituents is 1. The summed E-state index contributed by atoms with van der Waals surface area (Å²) in [6, 6.07) is 3.82. The van der Waals surface area contributed by atoms with Crippen LogP contribution < -0.4 is 5.32 Å². The van der Waals surface area contributed by atoms with Crippen LogP contribution in [0.5, 0.6) is 5.75 Å². The molecule has 1 rings (SSSR count). The van der Waals surface area contributed by atoms with E-state index < -0.39 is 0 Å². The van der Waals surface area contributed by atoms with Gasteiger partial charge in [0.2, 0.25) is 0 Å². The molecule has 18 heavy (non-hydrogen) atoms. The summed E-state index contributed by atoms with van der Waals surface area (Å²) in [6.07, 6.45) is 0.864. The molecule has 3 N–H and O–H groups in total. The zero-order chi connectivity index (χ0) is 13.4. The van der Waals surface area contributed by atoms with Crippen LogP contribution >= 0.6 is 43.6 Å². The van der Waals surface area contributed by atoms with Crippen molar-refractivity contribution in [3.8, 4) is 5.75 Å². The van der Waals surface area contributed by atoms with Crippen LogP contribution in [-0.4, -0.2) is 34.9 Å².